The van der Waals surface area contributed by atoms with E-state index in [2.05, 4.69) is 20.3 Å². The maximum atomic E-state index is 12.1. The van der Waals surface area contributed by atoms with Gasteiger partial charge in [-0.3, -0.25) is 9.89 Å². The highest BCUT2D eigenvalue weighted by Gasteiger charge is 2.25. The van der Waals surface area contributed by atoms with Crippen LogP contribution in [-0.2, 0) is 4.74 Å². The third-order valence-electron chi connectivity index (χ3n) is 3.42. The van der Waals surface area contributed by atoms with Crippen LogP contribution < -0.4 is 5.32 Å². The molecule has 1 aliphatic rings. The number of hydrogen-bond donors (Lipinski definition) is 2. The van der Waals surface area contributed by atoms with E-state index in [0.29, 0.717) is 22.9 Å². The normalized spacial score (nSPS) is 13.8. The van der Waals surface area contributed by atoms with Crippen LogP contribution in [0.4, 0.5) is 5.82 Å². The van der Waals surface area contributed by atoms with E-state index >= 15 is 0 Å². The fraction of sp³-hybridized carbons (Fsp3) is 0.267. The molecule has 3 rings (SSSR count). The number of ether oxygens (including phenoxy) is 1. The maximum absolute atomic E-state index is 12.1. The number of nitrogens with one attached hydrogen (secondary N) is 2. The zero-order valence-electron chi connectivity index (χ0n) is 11.6. The number of carbonyl (C=O) groups excluding carboxylic acids is 2. The molecule has 1 aromatic heterocycles. The first-order valence-corrected chi connectivity index (χ1v) is 6.72. The zero-order valence-corrected chi connectivity index (χ0v) is 11.6. The minimum absolute atomic E-state index is 0.264. The molecule has 1 aliphatic carbocycles. The number of H-pyrrole nitrogens is 1. The predicted octanol–water partition coefficient (Wildman–Crippen LogP) is 2.33. The van der Waals surface area contributed by atoms with Crippen molar-refractivity contribution in [1.82, 2.24) is 10.2 Å². The van der Waals surface area contributed by atoms with E-state index in [9.17, 15) is 9.59 Å². The number of aromatic nitrogens is 2. The van der Waals surface area contributed by atoms with Gasteiger partial charge in [-0.25, -0.2) is 4.79 Å². The second-order valence-corrected chi connectivity index (χ2v) is 5.01. The van der Waals surface area contributed by atoms with E-state index < -0.39 is 5.97 Å². The molecular weight excluding hydrogens is 270 g/mol. The Morgan fingerprint density at radius 3 is 2.52 bits per heavy atom. The molecule has 0 saturated heterocycles. The van der Waals surface area contributed by atoms with Crippen molar-refractivity contribution < 1.29 is 14.3 Å². The summed E-state index contributed by atoms with van der Waals surface area (Å²) < 4.78 is 4.61. The van der Waals surface area contributed by atoms with Gasteiger partial charge < -0.3 is 10.1 Å². The quantitative estimate of drug-likeness (QED) is 0.844. The monoisotopic (exact) mass is 285 g/mol. The highest BCUT2D eigenvalue weighted by molar-refractivity contribution is 6.04. The summed E-state index contributed by atoms with van der Waals surface area (Å²) in [5, 5.41) is 9.73. The summed E-state index contributed by atoms with van der Waals surface area (Å²) in [5.41, 5.74) is 1.93. The second-order valence-electron chi connectivity index (χ2n) is 5.01. The second kappa shape index (κ2) is 5.40. The Kier molecular flexibility index (Phi) is 3.43. The number of methoxy groups -OCH3 is 1. The van der Waals surface area contributed by atoms with Crippen molar-refractivity contribution in [2.45, 2.75) is 18.8 Å². The van der Waals surface area contributed by atoms with Crippen molar-refractivity contribution in [3.8, 4) is 0 Å². The molecular formula is C15H15N3O3. The van der Waals surface area contributed by atoms with Crippen LogP contribution in [0.3, 0.4) is 0 Å². The first kappa shape index (κ1) is 13.4. The summed E-state index contributed by atoms with van der Waals surface area (Å²) in [5.74, 6) is 0.380. The van der Waals surface area contributed by atoms with Crippen LogP contribution in [0.2, 0.25) is 0 Å². The summed E-state index contributed by atoms with van der Waals surface area (Å²) in [6, 6.07) is 8.13. The molecule has 1 heterocycles. The van der Waals surface area contributed by atoms with Gasteiger partial charge in [0.1, 0.15) is 0 Å². The average Bonchev–Trinajstić information content (AvgIpc) is 3.27. The molecule has 2 aromatic rings. The number of nitrogens with zero attached hydrogens (tertiary/aromatic N) is 1. The Morgan fingerprint density at radius 2 is 1.90 bits per heavy atom. The number of anilines is 1. The van der Waals surface area contributed by atoms with E-state index in [1.54, 1.807) is 24.3 Å². The van der Waals surface area contributed by atoms with Crippen LogP contribution >= 0.6 is 0 Å². The average molecular weight is 285 g/mol. The van der Waals surface area contributed by atoms with Crippen molar-refractivity contribution in [3.63, 3.8) is 0 Å². The number of hydrogen-bond acceptors (Lipinski definition) is 4. The fourth-order valence-corrected chi connectivity index (χ4v) is 2.07. The van der Waals surface area contributed by atoms with E-state index in [1.807, 2.05) is 6.07 Å². The summed E-state index contributed by atoms with van der Waals surface area (Å²) in [6.07, 6.45) is 2.34. The molecule has 1 aromatic carbocycles. The molecule has 21 heavy (non-hydrogen) atoms. The lowest BCUT2D eigenvalue weighted by molar-refractivity contribution is 0.0600. The van der Waals surface area contributed by atoms with E-state index in [-0.39, 0.29) is 5.91 Å². The van der Waals surface area contributed by atoms with Crippen LogP contribution in [0.5, 0.6) is 0 Å². The molecule has 108 valence electrons. The van der Waals surface area contributed by atoms with Crippen LogP contribution in [0.1, 0.15) is 45.2 Å². The number of aromatic amines is 1. The zero-order chi connectivity index (χ0) is 14.8. The van der Waals surface area contributed by atoms with Gasteiger partial charge in [-0.05, 0) is 37.1 Å². The number of carbonyl (C=O) groups is 2. The van der Waals surface area contributed by atoms with Crippen molar-refractivity contribution in [3.05, 3.63) is 47.2 Å². The van der Waals surface area contributed by atoms with Crippen molar-refractivity contribution in [2.75, 3.05) is 12.4 Å². The molecule has 0 spiro atoms. The van der Waals surface area contributed by atoms with E-state index in [1.165, 1.54) is 20.0 Å². The molecule has 0 aliphatic heterocycles. The lowest BCUT2D eigenvalue weighted by atomic mass is 10.1. The molecule has 0 unspecified atom stereocenters. The van der Waals surface area contributed by atoms with Gasteiger partial charge in [-0.1, -0.05) is 0 Å². The van der Waals surface area contributed by atoms with Crippen LogP contribution in [0.25, 0.3) is 0 Å². The van der Waals surface area contributed by atoms with E-state index in [4.69, 9.17) is 0 Å². The SMILES string of the molecule is COC(=O)c1ccc(C(=O)Nc2cc(C3CC3)[nH]n2)cc1. The topological polar surface area (TPSA) is 84.1 Å². The predicted molar refractivity (Wildman–Crippen MR) is 76.3 cm³/mol. The third kappa shape index (κ3) is 2.94. The summed E-state index contributed by atoms with van der Waals surface area (Å²) >= 11 is 0. The Hall–Kier alpha value is -2.63. The summed E-state index contributed by atoms with van der Waals surface area (Å²) in [7, 11) is 1.32. The first-order chi connectivity index (χ1) is 10.2. The minimum Gasteiger partial charge on any atom is -0.465 e. The van der Waals surface area contributed by atoms with Gasteiger partial charge in [0.2, 0.25) is 0 Å². The first-order valence-electron chi connectivity index (χ1n) is 6.72. The molecule has 0 atom stereocenters. The molecule has 0 bridgehead atoms. The molecule has 1 saturated carbocycles. The molecule has 6 nitrogen and oxygen atoms in total. The Bertz CT molecular complexity index is 672. The standard InChI is InChI=1S/C15H15N3O3/c1-21-15(20)11-6-4-10(5-7-11)14(19)16-13-8-12(17-18-13)9-2-3-9/h4-9H,2-3H2,1H3,(H2,16,17,18,19). The van der Waals surface area contributed by atoms with Gasteiger partial charge in [0.25, 0.3) is 5.91 Å². The number of benzene rings is 1. The van der Waals surface area contributed by atoms with Crippen LogP contribution in [0.15, 0.2) is 30.3 Å². The van der Waals surface area contributed by atoms with Gasteiger partial charge in [0.05, 0.1) is 12.7 Å². The Morgan fingerprint density at radius 1 is 1.24 bits per heavy atom. The molecule has 6 heteroatoms. The largest absolute Gasteiger partial charge is 0.465 e. The molecule has 0 radical (unpaired) electrons. The summed E-state index contributed by atoms with van der Waals surface area (Å²) in [6.45, 7) is 0. The van der Waals surface area contributed by atoms with E-state index in [0.717, 1.165) is 5.69 Å². The Labute approximate surface area is 121 Å². The van der Waals surface area contributed by atoms with Gasteiger partial charge in [-0.2, -0.15) is 5.10 Å². The fourth-order valence-electron chi connectivity index (χ4n) is 2.07. The van der Waals surface area contributed by atoms with Gasteiger partial charge in [-0.15, -0.1) is 0 Å². The highest BCUT2D eigenvalue weighted by Crippen LogP contribution is 2.39. The van der Waals surface area contributed by atoms with Crippen molar-refractivity contribution in [2.24, 2.45) is 0 Å². The molecule has 1 amide bonds. The van der Waals surface area contributed by atoms with Crippen LogP contribution in [-0.4, -0.2) is 29.2 Å². The highest BCUT2D eigenvalue weighted by atomic mass is 16.5. The molecule has 1 fully saturated rings. The van der Waals surface area contributed by atoms with Crippen molar-refractivity contribution >= 4 is 17.7 Å². The third-order valence-corrected chi connectivity index (χ3v) is 3.42. The van der Waals surface area contributed by atoms with Crippen molar-refractivity contribution in [1.29, 1.82) is 0 Å². The number of rotatable bonds is 4. The maximum Gasteiger partial charge on any atom is 0.337 e. The Balaban J connectivity index is 1.67. The summed E-state index contributed by atoms with van der Waals surface area (Å²) in [4.78, 5) is 23.4. The molecule has 2 N–H and O–H groups in total. The van der Waals surface area contributed by atoms with Gasteiger partial charge in [0.15, 0.2) is 5.82 Å². The smallest absolute Gasteiger partial charge is 0.337 e. The van der Waals surface area contributed by atoms with Crippen LogP contribution in [0, 0.1) is 0 Å². The van der Waals surface area contributed by atoms with Gasteiger partial charge in [0, 0.05) is 23.2 Å². The number of amides is 1. The number of esters is 1. The lowest BCUT2D eigenvalue weighted by Gasteiger charge is -2.03. The van der Waals surface area contributed by atoms with Gasteiger partial charge >= 0.3 is 5.97 Å². The minimum atomic E-state index is -0.427. The lowest BCUT2D eigenvalue weighted by Crippen LogP contribution is -2.12.